The van der Waals surface area contributed by atoms with Crippen molar-refractivity contribution in [1.82, 2.24) is 0 Å². The molecular formula is C12H14F3NO3. The standard InChI is InChI=1S/C12H14F3NO3/c1-7-2-3-8(12(13,14)15)4-10(7)16-6-9(17)5-11(18)19/h2-4,9,16-17H,5-6H2,1H3,(H,18,19). The summed E-state index contributed by atoms with van der Waals surface area (Å²) < 4.78 is 37.5. The Morgan fingerprint density at radius 3 is 2.58 bits per heavy atom. The molecule has 4 nitrogen and oxygen atoms in total. The summed E-state index contributed by atoms with van der Waals surface area (Å²) in [5.41, 5.74) is 0.00288. The number of carboxylic acid groups (broad SMARTS) is 1. The lowest BCUT2D eigenvalue weighted by molar-refractivity contribution is -0.139. The fraction of sp³-hybridized carbons (Fsp3) is 0.417. The van der Waals surface area contributed by atoms with E-state index in [-0.39, 0.29) is 12.2 Å². The first-order valence-corrected chi connectivity index (χ1v) is 5.51. The van der Waals surface area contributed by atoms with Gasteiger partial charge in [0.15, 0.2) is 0 Å². The van der Waals surface area contributed by atoms with E-state index in [1.54, 1.807) is 6.92 Å². The largest absolute Gasteiger partial charge is 0.481 e. The summed E-state index contributed by atoms with van der Waals surface area (Å²) in [5, 5.41) is 20.4. The second kappa shape index (κ2) is 5.92. The van der Waals surface area contributed by atoms with Gasteiger partial charge in [-0.05, 0) is 24.6 Å². The van der Waals surface area contributed by atoms with Crippen molar-refractivity contribution in [2.24, 2.45) is 0 Å². The second-order valence-corrected chi connectivity index (χ2v) is 4.16. The first-order chi connectivity index (χ1) is 8.70. The molecule has 0 saturated carbocycles. The number of anilines is 1. The fourth-order valence-electron chi connectivity index (χ4n) is 1.49. The third kappa shape index (κ3) is 4.78. The van der Waals surface area contributed by atoms with Crippen LogP contribution >= 0.6 is 0 Å². The third-order valence-electron chi connectivity index (χ3n) is 2.50. The highest BCUT2D eigenvalue weighted by molar-refractivity contribution is 5.67. The molecule has 0 heterocycles. The van der Waals surface area contributed by atoms with Crippen molar-refractivity contribution < 1.29 is 28.2 Å². The van der Waals surface area contributed by atoms with Gasteiger partial charge in [0.25, 0.3) is 0 Å². The molecule has 106 valence electrons. The van der Waals surface area contributed by atoms with Gasteiger partial charge in [0.2, 0.25) is 0 Å². The molecule has 1 atom stereocenters. The maximum Gasteiger partial charge on any atom is 0.416 e. The molecule has 1 unspecified atom stereocenters. The smallest absolute Gasteiger partial charge is 0.416 e. The average Bonchev–Trinajstić information content (AvgIpc) is 2.25. The first kappa shape index (κ1) is 15.3. The molecule has 0 radical (unpaired) electrons. The zero-order valence-corrected chi connectivity index (χ0v) is 10.2. The molecule has 3 N–H and O–H groups in total. The van der Waals surface area contributed by atoms with Crippen molar-refractivity contribution >= 4 is 11.7 Å². The fourth-order valence-corrected chi connectivity index (χ4v) is 1.49. The summed E-state index contributed by atoms with van der Waals surface area (Å²) in [6.45, 7) is 1.49. The van der Waals surface area contributed by atoms with E-state index in [9.17, 15) is 23.1 Å². The molecule has 0 aliphatic heterocycles. The zero-order valence-electron chi connectivity index (χ0n) is 10.2. The number of carbonyl (C=O) groups is 1. The first-order valence-electron chi connectivity index (χ1n) is 5.51. The molecule has 0 spiro atoms. The van der Waals surface area contributed by atoms with Crippen LogP contribution in [0.3, 0.4) is 0 Å². The Bertz CT molecular complexity index is 460. The number of halogens is 3. The van der Waals surface area contributed by atoms with Gasteiger partial charge < -0.3 is 15.5 Å². The highest BCUT2D eigenvalue weighted by Gasteiger charge is 2.30. The summed E-state index contributed by atoms with van der Waals surface area (Å²) in [5.74, 6) is -1.17. The van der Waals surface area contributed by atoms with E-state index in [2.05, 4.69) is 5.32 Å². The number of rotatable bonds is 5. The molecule has 0 saturated heterocycles. The van der Waals surface area contributed by atoms with Crippen molar-refractivity contribution in [3.05, 3.63) is 29.3 Å². The van der Waals surface area contributed by atoms with Crippen LogP contribution in [0.2, 0.25) is 0 Å². The minimum atomic E-state index is -4.44. The number of nitrogens with one attached hydrogen (secondary N) is 1. The summed E-state index contributed by atoms with van der Waals surface area (Å²) in [6.07, 6.45) is -6.07. The van der Waals surface area contributed by atoms with Crippen molar-refractivity contribution in [3.8, 4) is 0 Å². The Balaban J connectivity index is 2.75. The van der Waals surface area contributed by atoms with Crippen LogP contribution < -0.4 is 5.32 Å². The average molecular weight is 277 g/mol. The van der Waals surface area contributed by atoms with E-state index in [4.69, 9.17) is 5.11 Å². The molecule has 0 aromatic heterocycles. The quantitative estimate of drug-likeness (QED) is 0.772. The summed E-state index contributed by atoms with van der Waals surface area (Å²) in [6, 6.07) is 3.21. The van der Waals surface area contributed by atoms with E-state index in [1.165, 1.54) is 6.07 Å². The number of benzene rings is 1. The summed E-state index contributed by atoms with van der Waals surface area (Å²) in [7, 11) is 0. The van der Waals surface area contributed by atoms with Crippen molar-refractivity contribution in [3.63, 3.8) is 0 Å². The van der Waals surface area contributed by atoms with Gasteiger partial charge in [0, 0.05) is 12.2 Å². The molecular weight excluding hydrogens is 263 g/mol. The summed E-state index contributed by atoms with van der Waals surface area (Å²) in [4.78, 5) is 10.3. The van der Waals surface area contributed by atoms with Crippen LogP contribution in [0, 0.1) is 6.92 Å². The molecule has 0 aliphatic rings. The molecule has 1 aromatic carbocycles. The lowest BCUT2D eigenvalue weighted by Crippen LogP contribution is -2.23. The van der Waals surface area contributed by atoms with Crippen LogP contribution in [0.15, 0.2) is 18.2 Å². The van der Waals surface area contributed by atoms with Gasteiger partial charge in [-0.15, -0.1) is 0 Å². The highest BCUT2D eigenvalue weighted by atomic mass is 19.4. The molecule has 7 heteroatoms. The van der Waals surface area contributed by atoms with E-state index in [1.807, 2.05) is 0 Å². The van der Waals surface area contributed by atoms with Gasteiger partial charge in [-0.3, -0.25) is 4.79 Å². The van der Waals surface area contributed by atoms with Gasteiger partial charge in [-0.2, -0.15) is 13.2 Å². The van der Waals surface area contributed by atoms with Crippen molar-refractivity contribution in [2.45, 2.75) is 25.6 Å². The number of carboxylic acids is 1. The molecule has 19 heavy (non-hydrogen) atoms. The molecule has 1 rings (SSSR count). The molecule has 0 amide bonds. The summed E-state index contributed by atoms with van der Waals surface area (Å²) >= 11 is 0. The maximum atomic E-state index is 12.5. The Labute approximate surface area is 107 Å². The lowest BCUT2D eigenvalue weighted by Gasteiger charge is -2.15. The van der Waals surface area contributed by atoms with Crippen LogP contribution in [0.5, 0.6) is 0 Å². The van der Waals surface area contributed by atoms with E-state index < -0.39 is 30.2 Å². The molecule has 0 fully saturated rings. The highest BCUT2D eigenvalue weighted by Crippen LogP contribution is 2.31. The maximum absolute atomic E-state index is 12.5. The van der Waals surface area contributed by atoms with Gasteiger partial charge >= 0.3 is 12.1 Å². The van der Waals surface area contributed by atoms with Crippen LogP contribution in [-0.4, -0.2) is 28.8 Å². The van der Waals surface area contributed by atoms with Crippen LogP contribution in [0.4, 0.5) is 18.9 Å². The van der Waals surface area contributed by atoms with Crippen LogP contribution in [-0.2, 0) is 11.0 Å². The SMILES string of the molecule is Cc1ccc(C(F)(F)F)cc1NCC(O)CC(=O)O. The topological polar surface area (TPSA) is 69.6 Å². The molecule has 0 bridgehead atoms. The second-order valence-electron chi connectivity index (χ2n) is 4.16. The number of hydrogen-bond donors (Lipinski definition) is 3. The van der Waals surface area contributed by atoms with Crippen LogP contribution in [0.25, 0.3) is 0 Å². The predicted octanol–water partition coefficient (Wildman–Crippen LogP) is 2.26. The van der Waals surface area contributed by atoms with E-state index in [0.29, 0.717) is 5.56 Å². The van der Waals surface area contributed by atoms with Crippen LogP contribution in [0.1, 0.15) is 17.5 Å². The van der Waals surface area contributed by atoms with E-state index >= 15 is 0 Å². The lowest BCUT2D eigenvalue weighted by atomic mass is 10.1. The van der Waals surface area contributed by atoms with Crippen molar-refractivity contribution in [1.29, 1.82) is 0 Å². The number of aryl methyl sites for hydroxylation is 1. The number of aliphatic carboxylic acids is 1. The Kier molecular flexibility index (Phi) is 4.77. The normalized spacial score (nSPS) is 13.1. The Morgan fingerprint density at radius 1 is 1.42 bits per heavy atom. The van der Waals surface area contributed by atoms with E-state index in [0.717, 1.165) is 12.1 Å². The van der Waals surface area contributed by atoms with Crippen molar-refractivity contribution in [2.75, 3.05) is 11.9 Å². The number of aliphatic hydroxyl groups is 1. The molecule has 1 aromatic rings. The van der Waals surface area contributed by atoms with Gasteiger partial charge in [0.05, 0.1) is 18.1 Å². The molecule has 0 aliphatic carbocycles. The van der Waals surface area contributed by atoms with Gasteiger partial charge in [-0.25, -0.2) is 0 Å². The number of aliphatic hydroxyl groups excluding tert-OH is 1. The minimum absolute atomic E-state index is 0.131. The van der Waals surface area contributed by atoms with Gasteiger partial charge in [0.1, 0.15) is 0 Å². The number of hydrogen-bond acceptors (Lipinski definition) is 3. The monoisotopic (exact) mass is 277 g/mol. The Morgan fingerprint density at radius 2 is 2.05 bits per heavy atom. The number of alkyl halides is 3. The Hall–Kier alpha value is -1.76. The third-order valence-corrected chi connectivity index (χ3v) is 2.50. The predicted molar refractivity (Wildman–Crippen MR) is 62.9 cm³/mol. The van der Waals surface area contributed by atoms with Gasteiger partial charge in [-0.1, -0.05) is 6.07 Å². The zero-order chi connectivity index (χ0) is 14.6. The minimum Gasteiger partial charge on any atom is -0.481 e.